The Balaban J connectivity index is 1.51. The number of thiazole rings is 1. The molecule has 7 nitrogen and oxygen atoms in total. The van der Waals surface area contributed by atoms with Gasteiger partial charge >= 0.3 is 0 Å². The maximum Gasteiger partial charge on any atom is 0.241 e. The van der Waals surface area contributed by atoms with Crippen LogP contribution in [0.5, 0.6) is 0 Å². The van der Waals surface area contributed by atoms with Crippen molar-refractivity contribution < 1.29 is 0 Å². The van der Waals surface area contributed by atoms with Crippen LogP contribution in [0.2, 0.25) is 0 Å². The van der Waals surface area contributed by atoms with Gasteiger partial charge in [-0.05, 0) is 31.3 Å². The van der Waals surface area contributed by atoms with E-state index in [-0.39, 0.29) is 0 Å². The maximum absolute atomic E-state index is 4.79. The first-order valence-corrected chi connectivity index (χ1v) is 9.24. The molecule has 118 valence electrons. The van der Waals surface area contributed by atoms with Crippen molar-refractivity contribution in [3.63, 3.8) is 0 Å². The quantitative estimate of drug-likeness (QED) is 0.759. The monoisotopic (exact) mass is 345 g/mol. The van der Waals surface area contributed by atoms with Gasteiger partial charge < -0.3 is 4.90 Å². The summed E-state index contributed by atoms with van der Waals surface area (Å²) in [5, 5.41) is 12.4. The van der Waals surface area contributed by atoms with Crippen LogP contribution in [0.1, 0.15) is 22.7 Å². The van der Waals surface area contributed by atoms with Gasteiger partial charge in [-0.2, -0.15) is 9.47 Å². The van der Waals surface area contributed by atoms with E-state index in [1.165, 1.54) is 29.3 Å². The molecule has 2 aliphatic rings. The highest BCUT2D eigenvalue weighted by molar-refractivity contribution is 7.16. The van der Waals surface area contributed by atoms with Gasteiger partial charge in [0.05, 0.1) is 17.5 Å². The van der Waals surface area contributed by atoms with Crippen LogP contribution in [0.25, 0.3) is 11.3 Å². The predicted octanol–water partition coefficient (Wildman–Crippen LogP) is 2.96. The van der Waals surface area contributed by atoms with E-state index >= 15 is 0 Å². The zero-order valence-corrected chi connectivity index (χ0v) is 14.2. The zero-order chi connectivity index (χ0) is 15.4. The van der Waals surface area contributed by atoms with Crippen molar-refractivity contribution in [1.82, 2.24) is 24.5 Å². The second-order valence-corrected chi connectivity index (χ2v) is 7.90. The van der Waals surface area contributed by atoms with Crippen molar-refractivity contribution in [3.8, 4) is 11.3 Å². The summed E-state index contributed by atoms with van der Waals surface area (Å²) < 4.78 is 4.27. The SMILES string of the molecule is Cc1nc(Nc2nc3c(s2)CCN(C2CC2)c2[nH]ncc2-3)ns1. The third kappa shape index (κ3) is 2.31. The Bertz CT molecular complexity index is 860. The molecular formula is C14H15N7S2. The van der Waals surface area contributed by atoms with Crippen LogP contribution in [0.3, 0.4) is 0 Å². The Morgan fingerprint density at radius 3 is 3.04 bits per heavy atom. The van der Waals surface area contributed by atoms with Crippen LogP contribution in [-0.2, 0) is 6.42 Å². The molecular weight excluding hydrogens is 330 g/mol. The Labute approximate surface area is 141 Å². The minimum atomic E-state index is 0.628. The molecule has 2 N–H and O–H groups in total. The van der Waals surface area contributed by atoms with Gasteiger partial charge in [-0.15, -0.1) is 11.3 Å². The lowest BCUT2D eigenvalue weighted by Crippen LogP contribution is -2.27. The fourth-order valence-corrected chi connectivity index (χ4v) is 4.38. The van der Waals surface area contributed by atoms with Crippen molar-refractivity contribution in [2.75, 3.05) is 16.8 Å². The number of aromatic nitrogens is 5. The number of anilines is 3. The molecule has 0 aromatic carbocycles. The standard InChI is InChI=1S/C14H15N7S2/c1-7-16-13(20-23-7)18-14-17-11-9-6-15-19-12(9)21(8-2-3-8)5-4-10(11)22-14/h6,8H,2-5H2,1H3,(H,15,19)(H,17,18,20). The van der Waals surface area contributed by atoms with Gasteiger partial charge in [-0.3, -0.25) is 10.4 Å². The first-order chi connectivity index (χ1) is 11.3. The lowest BCUT2D eigenvalue weighted by atomic mass is 10.2. The number of hydrogen-bond acceptors (Lipinski definition) is 8. The highest BCUT2D eigenvalue weighted by Gasteiger charge is 2.34. The summed E-state index contributed by atoms with van der Waals surface area (Å²) in [4.78, 5) is 12.9. The topological polar surface area (TPSA) is 82.6 Å². The van der Waals surface area contributed by atoms with Crippen molar-refractivity contribution in [2.24, 2.45) is 0 Å². The molecule has 4 heterocycles. The van der Waals surface area contributed by atoms with E-state index < -0.39 is 0 Å². The number of aryl methyl sites for hydroxylation is 1. The molecule has 9 heteroatoms. The molecule has 5 rings (SSSR count). The molecule has 0 radical (unpaired) electrons. The van der Waals surface area contributed by atoms with Gasteiger partial charge in [0.25, 0.3) is 0 Å². The lowest BCUT2D eigenvalue weighted by Gasteiger charge is -2.21. The van der Waals surface area contributed by atoms with E-state index in [2.05, 4.69) is 29.8 Å². The minimum absolute atomic E-state index is 0.628. The van der Waals surface area contributed by atoms with Crippen LogP contribution >= 0.6 is 22.9 Å². The smallest absolute Gasteiger partial charge is 0.241 e. The first-order valence-electron chi connectivity index (χ1n) is 7.65. The number of hydrogen-bond donors (Lipinski definition) is 2. The second kappa shape index (κ2) is 5.00. The molecule has 1 saturated carbocycles. The fourth-order valence-electron chi connectivity index (χ4n) is 2.99. The van der Waals surface area contributed by atoms with Crippen LogP contribution < -0.4 is 10.2 Å². The van der Waals surface area contributed by atoms with Gasteiger partial charge in [0.2, 0.25) is 5.95 Å². The lowest BCUT2D eigenvalue weighted by molar-refractivity contribution is 0.771. The van der Waals surface area contributed by atoms with E-state index in [4.69, 9.17) is 4.98 Å². The average molecular weight is 345 g/mol. The second-order valence-electron chi connectivity index (χ2n) is 5.86. The molecule has 3 aromatic rings. The van der Waals surface area contributed by atoms with Crippen LogP contribution in [0, 0.1) is 6.92 Å². The molecule has 0 bridgehead atoms. The third-order valence-electron chi connectivity index (χ3n) is 4.17. The predicted molar refractivity (Wildman–Crippen MR) is 91.7 cm³/mol. The Morgan fingerprint density at radius 2 is 2.26 bits per heavy atom. The van der Waals surface area contributed by atoms with Gasteiger partial charge in [-0.25, -0.2) is 9.97 Å². The number of nitrogens with zero attached hydrogens (tertiary/aromatic N) is 5. The number of H-pyrrole nitrogens is 1. The molecule has 0 atom stereocenters. The van der Waals surface area contributed by atoms with E-state index in [9.17, 15) is 0 Å². The number of fused-ring (bicyclic) bond motifs is 3. The normalized spacial score (nSPS) is 16.8. The Kier molecular flexibility index (Phi) is 2.92. The largest absolute Gasteiger partial charge is 0.353 e. The highest BCUT2D eigenvalue weighted by Crippen LogP contribution is 2.42. The summed E-state index contributed by atoms with van der Waals surface area (Å²) in [6, 6.07) is 0.669. The van der Waals surface area contributed by atoms with Gasteiger partial charge in [-0.1, -0.05) is 0 Å². The van der Waals surface area contributed by atoms with Gasteiger partial charge in [0.1, 0.15) is 10.8 Å². The number of rotatable bonds is 3. The number of nitrogens with one attached hydrogen (secondary N) is 2. The van der Waals surface area contributed by atoms with Gasteiger partial charge in [0.15, 0.2) is 5.13 Å². The van der Waals surface area contributed by atoms with E-state index in [0.717, 1.165) is 40.2 Å². The molecule has 3 aromatic heterocycles. The fraction of sp³-hybridized carbons (Fsp3) is 0.429. The van der Waals surface area contributed by atoms with E-state index in [1.807, 2.05) is 13.1 Å². The van der Waals surface area contributed by atoms with Gasteiger partial charge in [0, 0.05) is 23.9 Å². The molecule has 0 unspecified atom stereocenters. The third-order valence-corrected chi connectivity index (χ3v) is 5.82. The van der Waals surface area contributed by atoms with Crippen LogP contribution in [0.15, 0.2) is 6.20 Å². The summed E-state index contributed by atoms with van der Waals surface area (Å²) in [6.45, 7) is 2.96. The molecule has 0 spiro atoms. The highest BCUT2D eigenvalue weighted by atomic mass is 32.1. The summed E-state index contributed by atoms with van der Waals surface area (Å²) >= 11 is 3.08. The Hall–Kier alpha value is -2.00. The van der Waals surface area contributed by atoms with Crippen LogP contribution in [0.4, 0.5) is 16.9 Å². The first kappa shape index (κ1) is 13.4. The maximum atomic E-state index is 4.79. The summed E-state index contributed by atoms with van der Waals surface area (Å²) in [7, 11) is 0. The van der Waals surface area contributed by atoms with Crippen molar-refractivity contribution >= 4 is 39.8 Å². The van der Waals surface area contributed by atoms with Crippen molar-refractivity contribution in [1.29, 1.82) is 0 Å². The minimum Gasteiger partial charge on any atom is -0.353 e. The summed E-state index contributed by atoms with van der Waals surface area (Å²) in [5.41, 5.74) is 2.15. The molecule has 23 heavy (non-hydrogen) atoms. The van der Waals surface area contributed by atoms with E-state index in [0.29, 0.717) is 12.0 Å². The molecule has 1 aliphatic heterocycles. The summed E-state index contributed by atoms with van der Waals surface area (Å²) in [5.74, 6) is 1.74. The summed E-state index contributed by atoms with van der Waals surface area (Å²) in [6.07, 6.45) is 5.46. The molecule has 1 fully saturated rings. The van der Waals surface area contributed by atoms with Crippen LogP contribution in [-0.4, -0.2) is 37.1 Å². The van der Waals surface area contributed by atoms with Crippen molar-refractivity contribution in [2.45, 2.75) is 32.2 Å². The molecule has 1 aliphatic carbocycles. The van der Waals surface area contributed by atoms with E-state index in [1.54, 1.807) is 11.3 Å². The average Bonchev–Trinajstić information content (AvgIpc) is 2.96. The number of aromatic amines is 1. The molecule has 0 amide bonds. The zero-order valence-electron chi connectivity index (χ0n) is 12.5. The Morgan fingerprint density at radius 1 is 1.35 bits per heavy atom. The molecule has 0 saturated heterocycles. The van der Waals surface area contributed by atoms with Crippen molar-refractivity contribution in [3.05, 3.63) is 16.1 Å².